The number of nitrogens with one attached hydrogen (secondary N) is 3. The van der Waals surface area contributed by atoms with Gasteiger partial charge in [0.2, 0.25) is 5.91 Å². The van der Waals surface area contributed by atoms with Crippen LogP contribution in [0.25, 0.3) is 0 Å². The standard InChI is InChI=1S/C13H25N3O2S/c1-10(11(17)16-12(18)14-2)15-9-13(19-3)7-5-4-6-8-13/h10,15H,4-9H2,1-3H3,(H2,14,16,17,18). The maximum atomic E-state index is 11.7. The summed E-state index contributed by atoms with van der Waals surface area (Å²) < 4.78 is 0.250. The zero-order valence-electron chi connectivity index (χ0n) is 12.0. The first-order valence-corrected chi connectivity index (χ1v) is 8.06. The van der Waals surface area contributed by atoms with Gasteiger partial charge in [-0.3, -0.25) is 10.1 Å². The van der Waals surface area contributed by atoms with E-state index < -0.39 is 6.03 Å². The van der Waals surface area contributed by atoms with E-state index in [2.05, 4.69) is 22.2 Å². The third-order valence-corrected chi connectivity index (χ3v) is 5.20. The van der Waals surface area contributed by atoms with Gasteiger partial charge in [-0.1, -0.05) is 19.3 Å². The molecule has 3 amide bonds. The van der Waals surface area contributed by atoms with E-state index in [9.17, 15) is 9.59 Å². The number of amides is 3. The summed E-state index contributed by atoms with van der Waals surface area (Å²) in [4.78, 5) is 22.8. The maximum Gasteiger partial charge on any atom is 0.321 e. The molecule has 0 saturated heterocycles. The van der Waals surface area contributed by atoms with Crippen molar-refractivity contribution in [2.24, 2.45) is 0 Å². The van der Waals surface area contributed by atoms with Crippen LogP contribution < -0.4 is 16.0 Å². The molecule has 1 atom stereocenters. The van der Waals surface area contributed by atoms with Crippen LogP contribution in [0.3, 0.4) is 0 Å². The molecule has 0 aliphatic heterocycles. The molecule has 1 rings (SSSR count). The molecule has 1 aliphatic rings. The molecule has 0 aromatic carbocycles. The Labute approximate surface area is 119 Å². The molecule has 0 heterocycles. The van der Waals surface area contributed by atoms with Crippen LogP contribution in [-0.4, -0.2) is 42.6 Å². The largest absolute Gasteiger partial charge is 0.341 e. The van der Waals surface area contributed by atoms with Crippen molar-refractivity contribution in [3.63, 3.8) is 0 Å². The van der Waals surface area contributed by atoms with Gasteiger partial charge in [-0.2, -0.15) is 11.8 Å². The monoisotopic (exact) mass is 287 g/mol. The predicted octanol–water partition coefficient (Wildman–Crippen LogP) is 1.49. The predicted molar refractivity (Wildman–Crippen MR) is 79.4 cm³/mol. The van der Waals surface area contributed by atoms with Gasteiger partial charge in [0.1, 0.15) is 0 Å². The van der Waals surface area contributed by atoms with Crippen molar-refractivity contribution in [3.8, 4) is 0 Å². The Morgan fingerprint density at radius 1 is 1.26 bits per heavy atom. The van der Waals surface area contributed by atoms with Gasteiger partial charge in [-0.15, -0.1) is 0 Å². The quantitative estimate of drug-likeness (QED) is 0.716. The van der Waals surface area contributed by atoms with Crippen molar-refractivity contribution in [3.05, 3.63) is 0 Å². The lowest BCUT2D eigenvalue weighted by Crippen LogP contribution is -2.50. The highest BCUT2D eigenvalue weighted by Crippen LogP contribution is 2.37. The molecule has 5 nitrogen and oxygen atoms in total. The molecule has 19 heavy (non-hydrogen) atoms. The first-order chi connectivity index (χ1) is 9.03. The molecule has 0 bridgehead atoms. The van der Waals surface area contributed by atoms with Crippen LogP contribution in [0, 0.1) is 0 Å². The van der Waals surface area contributed by atoms with Crippen LogP contribution in [0.4, 0.5) is 4.79 Å². The molecule has 0 aromatic rings. The molecule has 0 spiro atoms. The van der Waals surface area contributed by atoms with Gasteiger partial charge >= 0.3 is 6.03 Å². The Hall–Kier alpha value is -0.750. The number of rotatable bonds is 5. The van der Waals surface area contributed by atoms with E-state index in [1.807, 2.05) is 11.8 Å². The average molecular weight is 287 g/mol. The van der Waals surface area contributed by atoms with Crippen LogP contribution in [0.2, 0.25) is 0 Å². The van der Waals surface area contributed by atoms with Gasteiger partial charge in [0, 0.05) is 18.3 Å². The fourth-order valence-corrected chi connectivity index (χ4v) is 3.29. The van der Waals surface area contributed by atoms with Crippen molar-refractivity contribution in [2.45, 2.75) is 49.8 Å². The number of imide groups is 1. The molecule has 110 valence electrons. The molecule has 3 N–H and O–H groups in total. The lowest BCUT2D eigenvalue weighted by Gasteiger charge is -2.36. The summed E-state index contributed by atoms with van der Waals surface area (Å²) in [5.74, 6) is -0.286. The van der Waals surface area contributed by atoms with Gasteiger partial charge in [0.15, 0.2) is 0 Å². The molecule has 6 heteroatoms. The summed E-state index contributed by atoms with van der Waals surface area (Å²) in [5.41, 5.74) is 0. The number of carbonyl (C=O) groups excluding carboxylic acids is 2. The summed E-state index contributed by atoms with van der Waals surface area (Å²) in [6, 6.07) is -0.820. The van der Waals surface area contributed by atoms with E-state index in [1.54, 1.807) is 6.92 Å². The Morgan fingerprint density at radius 2 is 1.89 bits per heavy atom. The van der Waals surface area contributed by atoms with Crippen molar-refractivity contribution in [1.29, 1.82) is 0 Å². The van der Waals surface area contributed by atoms with E-state index >= 15 is 0 Å². The van der Waals surface area contributed by atoms with Crippen LogP contribution in [0.5, 0.6) is 0 Å². The van der Waals surface area contributed by atoms with Crippen molar-refractivity contribution >= 4 is 23.7 Å². The molecule has 1 saturated carbocycles. The minimum absolute atomic E-state index is 0.250. The summed E-state index contributed by atoms with van der Waals surface area (Å²) in [5, 5.41) is 7.92. The van der Waals surface area contributed by atoms with Crippen LogP contribution in [-0.2, 0) is 4.79 Å². The number of hydrogen-bond donors (Lipinski definition) is 3. The van der Waals surface area contributed by atoms with Crippen LogP contribution in [0.15, 0.2) is 0 Å². The summed E-state index contributed by atoms with van der Waals surface area (Å²) in [6.45, 7) is 2.60. The summed E-state index contributed by atoms with van der Waals surface area (Å²) in [6.07, 6.45) is 8.38. The highest BCUT2D eigenvalue weighted by molar-refractivity contribution is 8.00. The second-order valence-corrected chi connectivity index (χ2v) is 6.39. The van der Waals surface area contributed by atoms with E-state index in [0.717, 1.165) is 6.54 Å². The lowest BCUT2D eigenvalue weighted by molar-refractivity contribution is -0.121. The third-order valence-electron chi connectivity index (χ3n) is 3.79. The minimum atomic E-state index is -0.462. The van der Waals surface area contributed by atoms with E-state index in [1.165, 1.54) is 39.2 Å². The topological polar surface area (TPSA) is 70.2 Å². The fraction of sp³-hybridized carbons (Fsp3) is 0.846. The van der Waals surface area contributed by atoms with Gasteiger partial charge in [-0.25, -0.2) is 4.79 Å². The maximum absolute atomic E-state index is 11.7. The highest BCUT2D eigenvalue weighted by Gasteiger charge is 2.31. The molecule has 1 aliphatic carbocycles. The fourth-order valence-electron chi connectivity index (χ4n) is 2.36. The van der Waals surface area contributed by atoms with E-state index in [4.69, 9.17) is 0 Å². The Balaban J connectivity index is 2.41. The molecule has 0 radical (unpaired) electrons. The van der Waals surface area contributed by atoms with Crippen molar-refractivity contribution in [2.75, 3.05) is 19.8 Å². The minimum Gasteiger partial charge on any atom is -0.341 e. The number of hydrogen-bond acceptors (Lipinski definition) is 4. The van der Waals surface area contributed by atoms with Gasteiger partial charge < -0.3 is 10.6 Å². The zero-order chi connectivity index (χ0) is 14.3. The summed E-state index contributed by atoms with van der Waals surface area (Å²) in [7, 11) is 1.49. The third kappa shape index (κ3) is 5.03. The number of carbonyl (C=O) groups is 2. The highest BCUT2D eigenvalue weighted by atomic mass is 32.2. The normalized spacial score (nSPS) is 19.5. The van der Waals surface area contributed by atoms with Crippen LogP contribution in [0.1, 0.15) is 39.0 Å². The first-order valence-electron chi connectivity index (χ1n) is 6.84. The molecule has 1 fully saturated rings. The average Bonchev–Trinajstić information content (AvgIpc) is 2.45. The van der Waals surface area contributed by atoms with E-state index in [0.29, 0.717) is 0 Å². The van der Waals surface area contributed by atoms with Gasteiger partial charge in [0.25, 0.3) is 0 Å². The van der Waals surface area contributed by atoms with Crippen molar-refractivity contribution < 1.29 is 9.59 Å². The SMILES string of the molecule is CNC(=O)NC(=O)C(C)NCC1(SC)CCCCC1. The Bertz CT molecular complexity index is 317. The smallest absolute Gasteiger partial charge is 0.321 e. The molecular weight excluding hydrogens is 262 g/mol. The van der Waals surface area contributed by atoms with Crippen LogP contribution >= 0.6 is 11.8 Å². The van der Waals surface area contributed by atoms with Gasteiger partial charge in [-0.05, 0) is 26.0 Å². The second kappa shape index (κ2) is 7.75. The zero-order valence-corrected chi connectivity index (χ0v) is 12.9. The molecule has 1 unspecified atom stereocenters. The second-order valence-electron chi connectivity index (χ2n) is 5.12. The van der Waals surface area contributed by atoms with E-state index in [-0.39, 0.29) is 16.7 Å². The van der Waals surface area contributed by atoms with Gasteiger partial charge in [0.05, 0.1) is 6.04 Å². The number of thioether (sulfide) groups is 1. The molecular formula is C13H25N3O2S. The molecule has 0 aromatic heterocycles. The van der Waals surface area contributed by atoms with Crippen molar-refractivity contribution in [1.82, 2.24) is 16.0 Å². The first kappa shape index (κ1) is 16.3. The lowest BCUT2D eigenvalue weighted by atomic mass is 9.88. The number of urea groups is 1. The Morgan fingerprint density at radius 3 is 2.42 bits per heavy atom. The summed E-state index contributed by atoms with van der Waals surface area (Å²) >= 11 is 1.89. The Kier molecular flexibility index (Phi) is 6.65.